The number of ether oxygens (including phenoxy) is 2. The van der Waals surface area contributed by atoms with Crippen LogP contribution in [-0.2, 0) is 14.3 Å². The number of aryl methyl sites for hydroxylation is 1. The lowest BCUT2D eigenvalue weighted by molar-refractivity contribution is -0.156. The van der Waals surface area contributed by atoms with Gasteiger partial charge < -0.3 is 14.6 Å². The topological polar surface area (TPSA) is 111 Å². The minimum atomic E-state index is -1.06. The van der Waals surface area contributed by atoms with Gasteiger partial charge in [-0.2, -0.15) is 0 Å². The molecule has 1 fully saturated rings. The fourth-order valence-corrected chi connectivity index (χ4v) is 2.54. The number of rotatable bonds is 3. The summed E-state index contributed by atoms with van der Waals surface area (Å²) < 4.78 is 11.6. The van der Waals surface area contributed by atoms with Crippen molar-refractivity contribution in [1.82, 2.24) is 9.55 Å². The number of carbonyl (C=O) groups is 1. The zero-order valence-electron chi connectivity index (χ0n) is 12.1. The summed E-state index contributed by atoms with van der Waals surface area (Å²) in [5.41, 5.74) is -1.80. The number of esters is 1. The van der Waals surface area contributed by atoms with Crippen LogP contribution in [0.2, 0.25) is 0 Å². The maximum absolute atomic E-state index is 11.9. The summed E-state index contributed by atoms with van der Waals surface area (Å²) in [5, 5.41) is 9.40. The van der Waals surface area contributed by atoms with E-state index in [-0.39, 0.29) is 13.0 Å². The second kappa shape index (κ2) is 5.45. The number of carbonyl (C=O) groups excluding carboxylic acids is 1. The normalized spacial score (nSPS) is 28.6. The van der Waals surface area contributed by atoms with Gasteiger partial charge in [-0.1, -0.05) is 0 Å². The molecule has 1 aromatic heterocycles. The average Bonchev–Trinajstić information content (AvgIpc) is 2.80. The molecule has 116 valence electrons. The maximum atomic E-state index is 11.9. The molecule has 1 aliphatic heterocycles. The molecule has 2 rings (SSSR count). The maximum Gasteiger partial charge on any atom is 0.330 e. The SMILES string of the molecule is COC(=O)C1(C)CC(n2cc(C)c(=O)[nH]c2=O)O[C@@H]1CO. The van der Waals surface area contributed by atoms with Gasteiger partial charge in [0, 0.05) is 18.2 Å². The van der Waals surface area contributed by atoms with E-state index < -0.39 is 35.0 Å². The van der Waals surface area contributed by atoms with Crippen molar-refractivity contribution in [1.29, 1.82) is 0 Å². The van der Waals surface area contributed by atoms with Crippen molar-refractivity contribution < 1.29 is 19.4 Å². The lowest BCUT2D eigenvalue weighted by atomic mass is 9.83. The highest BCUT2D eigenvalue weighted by molar-refractivity contribution is 5.77. The molecule has 0 aromatic carbocycles. The molecule has 0 spiro atoms. The van der Waals surface area contributed by atoms with E-state index >= 15 is 0 Å². The Hall–Kier alpha value is -1.93. The third-order valence-electron chi connectivity index (χ3n) is 3.90. The van der Waals surface area contributed by atoms with Crippen LogP contribution >= 0.6 is 0 Å². The number of aromatic nitrogens is 2. The Balaban J connectivity index is 2.41. The Morgan fingerprint density at radius 1 is 1.62 bits per heavy atom. The van der Waals surface area contributed by atoms with Crippen molar-refractivity contribution in [3.63, 3.8) is 0 Å². The summed E-state index contributed by atoms with van der Waals surface area (Å²) in [5.74, 6) is -0.516. The van der Waals surface area contributed by atoms with E-state index in [1.807, 2.05) is 0 Å². The van der Waals surface area contributed by atoms with E-state index in [0.717, 1.165) is 0 Å². The van der Waals surface area contributed by atoms with Crippen molar-refractivity contribution >= 4 is 5.97 Å². The van der Waals surface area contributed by atoms with Crippen LogP contribution in [0.4, 0.5) is 0 Å². The van der Waals surface area contributed by atoms with Crippen molar-refractivity contribution in [2.45, 2.75) is 32.6 Å². The molecular formula is C13H18N2O6. The first kappa shape index (κ1) is 15.5. The Morgan fingerprint density at radius 2 is 2.29 bits per heavy atom. The van der Waals surface area contributed by atoms with Crippen LogP contribution in [0.15, 0.2) is 15.8 Å². The third-order valence-corrected chi connectivity index (χ3v) is 3.90. The lowest BCUT2D eigenvalue weighted by Gasteiger charge is -2.24. The van der Waals surface area contributed by atoms with Gasteiger partial charge in [0.1, 0.15) is 6.23 Å². The summed E-state index contributed by atoms with van der Waals surface area (Å²) in [7, 11) is 1.26. The van der Waals surface area contributed by atoms with Gasteiger partial charge >= 0.3 is 11.7 Å². The smallest absolute Gasteiger partial charge is 0.330 e. The zero-order valence-corrected chi connectivity index (χ0v) is 12.1. The Kier molecular flexibility index (Phi) is 4.02. The first-order chi connectivity index (χ1) is 9.83. The molecule has 1 aromatic rings. The molecule has 0 aliphatic carbocycles. The zero-order chi connectivity index (χ0) is 15.8. The Morgan fingerprint density at radius 3 is 2.86 bits per heavy atom. The summed E-state index contributed by atoms with van der Waals surface area (Å²) >= 11 is 0. The second-order valence-corrected chi connectivity index (χ2v) is 5.35. The lowest BCUT2D eigenvalue weighted by Crippen LogP contribution is -2.39. The summed E-state index contributed by atoms with van der Waals surface area (Å²) in [6.45, 7) is 2.80. The van der Waals surface area contributed by atoms with Crippen LogP contribution in [0.25, 0.3) is 0 Å². The van der Waals surface area contributed by atoms with E-state index in [0.29, 0.717) is 5.56 Å². The van der Waals surface area contributed by atoms with E-state index in [9.17, 15) is 19.5 Å². The number of aliphatic hydroxyl groups is 1. The molecule has 2 N–H and O–H groups in total. The number of hydrogen-bond acceptors (Lipinski definition) is 6. The standard InChI is InChI=1S/C13H18N2O6/c1-7-5-15(12(19)14-10(7)17)9-4-13(2,11(18)20-3)8(6-16)21-9/h5,8-9,16H,4,6H2,1-3H3,(H,14,17,19)/t8-,9?,13?/m1/s1. The number of aliphatic hydroxyl groups excluding tert-OH is 1. The number of aromatic amines is 1. The molecule has 0 amide bonds. The molecule has 3 atom stereocenters. The molecule has 2 heterocycles. The number of methoxy groups -OCH3 is 1. The molecule has 1 saturated heterocycles. The van der Waals surface area contributed by atoms with Crippen LogP contribution in [-0.4, -0.2) is 40.4 Å². The highest BCUT2D eigenvalue weighted by atomic mass is 16.5. The van der Waals surface area contributed by atoms with Gasteiger partial charge in [0.25, 0.3) is 5.56 Å². The molecule has 1 aliphatic rings. The predicted molar refractivity (Wildman–Crippen MR) is 71.8 cm³/mol. The number of nitrogens with one attached hydrogen (secondary N) is 1. The molecule has 2 unspecified atom stereocenters. The molecule has 21 heavy (non-hydrogen) atoms. The van der Waals surface area contributed by atoms with Crippen LogP contribution < -0.4 is 11.2 Å². The van der Waals surface area contributed by atoms with Crippen LogP contribution in [0.3, 0.4) is 0 Å². The highest BCUT2D eigenvalue weighted by Gasteiger charge is 2.52. The van der Waals surface area contributed by atoms with Gasteiger partial charge in [-0.05, 0) is 13.8 Å². The number of H-pyrrole nitrogens is 1. The van der Waals surface area contributed by atoms with Crippen molar-refractivity contribution in [3.05, 3.63) is 32.6 Å². The van der Waals surface area contributed by atoms with Crippen molar-refractivity contribution in [2.75, 3.05) is 13.7 Å². The monoisotopic (exact) mass is 298 g/mol. The summed E-state index contributed by atoms with van der Waals surface area (Å²) in [6, 6.07) is 0. The molecule has 8 nitrogen and oxygen atoms in total. The van der Waals surface area contributed by atoms with E-state index in [1.54, 1.807) is 13.8 Å². The molecular weight excluding hydrogens is 280 g/mol. The van der Waals surface area contributed by atoms with Gasteiger partial charge in [-0.25, -0.2) is 4.79 Å². The van der Waals surface area contributed by atoms with Crippen molar-refractivity contribution in [2.24, 2.45) is 5.41 Å². The quantitative estimate of drug-likeness (QED) is 0.714. The van der Waals surface area contributed by atoms with Gasteiger partial charge in [-0.3, -0.25) is 19.1 Å². The van der Waals surface area contributed by atoms with Crippen molar-refractivity contribution in [3.8, 4) is 0 Å². The first-order valence-corrected chi connectivity index (χ1v) is 6.50. The fourth-order valence-electron chi connectivity index (χ4n) is 2.54. The fraction of sp³-hybridized carbons (Fsp3) is 0.615. The van der Waals surface area contributed by atoms with Crippen LogP contribution in [0.5, 0.6) is 0 Å². The number of hydrogen-bond donors (Lipinski definition) is 2. The van der Waals surface area contributed by atoms with E-state index in [2.05, 4.69) is 4.98 Å². The highest BCUT2D eigenvalue weighted by Crippen LogP contribution is 2.43. The van der Waals surface area contributed by atoms with Gasteiger partial charge in [0.2, 0.25) is 0 Å². The molecule has 8 heteroatoms. The first-order valence-electron chi connectivity index (χ1n) is 6.50. The van der Waals surface area contributed by atoms with Crippen LogP contribution in [0, 0.1) is 12.3 Å². The van der Waals surface area contributed by atoms with Crippen LogP contribution in [0.1, 0.15) is 25.1 Å². The summed E-state index contributed by atoms with van der Waals surface area (Å²) in [6.07, 6.45) is 0.00271. The van der Waals surface area contributed by atoms with E-state index in [1.165, 1.54) is 17.9 Å². The molecule has 0 radical (unpaired) electrons. The Bertz CT molecular complexity index is 663. The average molecular weight is 298 g/mol. The molecule has 0 saturated carbocycles. The van der Waals surface area contributed by atoms with E-state index in [4.69, 9.17) is 9.47 Å². The van der Waals surface area contributed by atoms with Gasteiger partial charge in [0.05, 0.1) is 25.2 Å². The second-order valence-electron chi connectivity index (χ2n) is 5.35. The summed E-state index contributed by atoms with van der Waals surface area (Å²) in [4.78, 5) is 37.4. The Labute approximate surface area is 120 Å². The third kappa shape index (κ3) is 2.52. The largest absolute Gasteiger partial charge is 0.469 e. The number of nitrogens with zero attached hydrogens (tertiary/aromatic N) is 1. The van der Waals surface area contributed by atoms with Gasteiger partial charge in [0.15, 0.2) is 0 Å². The molecule has 0 bridgehead atoms. The predicted octanol–water partition coefficient (Wildman–Crippen LogP) is -0.696. The minimum Gasteiger partial charge on any atom is -0.469 e. The van der Waals surface area contributed by atoms with Gasteiger partial charge in [-0.15, -0.1) is 0 Å². The minimum absolute atomic E-state index is 0.163.